The zero-order valence-corrected chi connectivity index (χ0v) is 13.0. The van der Waals surface area contributed by atoms with Crippen LogP contribution in [0.5, 0.6) is 5.75 Å². The van der Waals surface area contributed by atoms with E-state index in [1.54, 1.807) is 7.11 Å². The van der Waals surface area contributed by atoms with Gasteiger partial charge in [0.15, 0.2) is 0 Å². The van der Waals surface area contributed by atoms with E-state index in [2.05, 4.69) is 36.3 Å². The fraction of sp³-hybridized carbons (Fsp3) is 0.500. The number of nitrogens with zero attached hydrogens (tertiary/aromatic N) is 3. The zero-order chi connectivity index (χ0) is 15.2. The molecule has 21 heavy (non-hydrogen) atoms. The van der Waals surface area contributed by atoms with Gasteiger partial charge in [-0.1, -0.05) is 31.2 Å². The Morgan fingerprint density at radius 3 is 2.52 bits per heavy atom. The van der Waals surface area contributed by atoms with Gasteiger partial charge in [0, 0.05) is 19.5 Å². The van der Waals surface area contributed by atoms with Crippen molar-refractivity contribution in [1.29, 1.82) is 0 Å². The van der Waals surface area contributed by atoms with Crippen molar-refractivity contribution >= 4 is 0 Å². The first-order valence-corrected chi connectivity index (χ1v) is 7.38. The highest BCUT2D eigenvalue weighted by Gasteiger charge is 2.12. The van der Waals surface area contributed by atoms with Crippen molar-refractivity contribution in [2.45, 2.75) is 39.8 Å². The summed E-state index contributed by atoms with van der Waals surface area (Å²) in [5.74, 6) is 1.51. The van der Waals surface area contributed by atoms with Crippen molar-refractivity contribution in [2.24, 2.45) is 11.7 Å². The SMILES string of the molecule is COc1ccc(Cc2c(CN)nnn2CCC(C)C)cc1. The molecule has 0 fully saturated rings. The number of rotatable bonds is 7. The van der Waals surface area contributed by atoms with Crippen molar-refractivity contribution in [1.82, 2.24) is 15.0 Å². The maximum absolute atomic E-state index is 5.78. The van der Waals surface area contributed by atoms with Gasteiger partial charge in [0.25, 0.3) is 0 Å². The molecule has 2 aromatic rings. The highest BCUT2D eigenvalue weighted by Crippen LogP contribution is 2.17. The largest absolute Gasteiger partial charge is 0.497 e. The smallest absolute Gasteiger partial charge is 0.118 e. The van der Waals surface area contributed by atoms with Crippen molar-refractivity contribution in [3.63, 3.8) is 0 Å². The fourth-order valence-corrected chi connectivity index (χ4v) is 2.22. The second-order valence-electron chi connectivity index (χ2n) is 5.62. The van der Waals surface area contributed by atoms with Gasteiger partial charge in [0.1, 0.15) is 5.75 Å². The monoisotopic (exact) mass is 288 g/mol. The van der Waals surface area contributed by atoms with Gasteiger partial charge in [0.2, 0.25) is 0 Å². The molecule has 0 aliphatic heterocycles. The lowest BCUT2D eigenvalue weighted by Gasteiger charge is -2.10. The molecule has 0 amide bonds. The van der Waals surface area contributed by atoms with Crippen LogP contribution in [0.2, 0.25) is 0 Å². The van der Waals surface area contributed by atoms with Crippen LogP contribution in [0.1, 0.15) is 37.2 Å². The number of aryl methyl sites for hydroxylation is 1. The van der Waals surface area contributed by atoms with Crippen molar-refractivity contribution in [2.75, 3.05) is 7.11 Å². The molecule has 1 aromatic heterocycles. The molecule has 0 spiro atoms. The first-order valence-electron chi connectivity index (χ1n) is 7.38. The third-order valence-corrected chi connectivity index (χ3v) is 3.56. The Bertz CT molecular complexity index is 560. The van der Waals surface area contributed by atoms with Crippen molar-refractivity contribution in [3.8, 4) is 5.75 Å². The highest BCUT2D eigenvalue weighted by molar-refractivity contribution is 5.30. The molecular weight excluding hydrogens is 264 g/mol. The lowest BCUT2D eigenvalue weighted by atomic mass is 10.1. The molecule has 0 unspecified atom stereocenters. The van der Waals surface area contributed by atoms with Crippen LogP contribution >= 0.6 is 0 Å². The molecule has 5 heteroatoms. The predicted octanol–water partition coefficient (Wildman–Crippen LogP) is 2.38. The van der Waals surface area contributed by atoms with Crippen molar-refractivity contribution in [3.05, 3.63) is 41.2 Å². The van der Waals surface area contributed by atoms with E-state index in [0.29, 0.717) is 12.5 Å². The molecule has 5 nitrogen and oxygen atoms in total. The molecule has 2 N–H and O–H groups in total. The second-order valence-corrected chi connectivity index (χ2v) is 5.62. The van der Waals surface area contributed by atoms with Gasteiger partial charge in [-0.2, -0.15) is 0 Å². The van der Waals surface area contributed by atoms with Crippen LogP contribution in [-0.4, -0.2) is 22.1 Å². The molecular formula is C16H24N4O. The Morgan fingerprint density at radius 1 is 1.24 bits per heavy atom. The number of nitrogens with two attached hydrogens (primary N) is 1. The Kier molecular flexibility index (Phi) is 5.33. The molecule has 1 heterocycles. The molecule has 1 aromatic carbocycles. The van der Waals surface area contributed by atoms with Crippen LogP contribution in [-0.2, 0) is 19.5 Å². The van der Waals surface area contributed by atoms with E-state index in [1.165, 1.54) is 5.56 Å². The number of benzene rings is 1. The van der Waals surface area contributed by atoms with Crippen molar-refractivity contribution < 1.29 is 4.74 Å². The highest BCUT2D eigenvalue weighted by atomic mass is 16.5. The Labute approximate surface area is 126 Å². The Balaban J connectivity index is 2.17. The normalized spacial score (nSPS) is 11.1. The van der Waals surface area contributed by atoms with Gasteiger partial charge in [-0.3, -0.25) is 0 Å². The third kappa shape index (κ3) is 4.04. The molecule has 0 aliphatic rings. The summed E-state index contributed by atoms with van der Waals surface area (Å²) in [5, 5.41) is 8.46. The summed E-state index contributed by atoms with van der Waals surface area (Å²) >= 11 is 0. The molecule has 0 saturated carbocycles. The van der Waals surface area contributed by atoms with Crippen LogP contribution in [0.3, 0.4) is 0 Å². The molecule has 0 bridgehead atoms. The van der Waals surface area contributed by atoms with Crippen LogP contribution in [0.4, 0.5) is 0 Å². The van der Waals surface area contributed by atoms with Gasteiger partial charge >= 0.3 is 0 Å². The van der Waals surface area contributed by atoms with Crippen LogP contribution < -0.4 is 10.5 Å². The van der Waals surface area contributed by atoms with E-state index in [4.69, 9.17) is 10.5 Å². The van der Waals surface area contributed by atoms with Crippen LogP contribution in [0.25, 0.3) is 0 Å². The minimum absolute atomic E-state index is 0.424. The summed E-state index contributed by atoms with van der Waals surface area (Å²) in [6, 6.07) is 8.08. The van der Waals surface area contributed by atoms with Crippen LogP contribution in [0, 0.1) is 5.92 Å². The molecule has 0 aliphatic carbocycles. The molecule has 2 rings (SSSR count). The number of hydrogen-bond donors (Lipinski definition) is 1. The van der Waals surface area contributed by atoms with Gasteiger partial charge in [0.05, 0.1) is 18.5 Å². The van der Waals surface area contributed by atoms with E-state index >= 15 is 0 Å². The number of methoxy groups -OCH3 is 1. The second kappa shape index (κ2) is 7.22. The predicted molar refractivity (Wildman–Crippen MR) is 83.2 cm³/mol. The quantitative estimate of drug-likeness (QED) is 0.849. The summed E-state index contributed by atoms with van der Waals surface area (Å²) < 4.78 is 7.18. The Morgan fingerprint density at radius 2 is 1.95 bits per heavy atom. The van der Waals surface area contributed by atoms with E-state index in [9.17, 15) is 0 Å². The van der Waals surface area contributed by atoms with E-state index in [1.807, 2.05) is 16.8 Å². The number of aromatic nitrogens is 3. The fourth-order valence-electron chi connectivity index (χ4n) is 2.22. The van der Waals surface area contributed by atoms with Gasteiger partial charge in [-0.05, 0) is 30.0 Å². The lowest BCUT2D eigenvalue weighted by molar-refractivity contribution is 0.414. The number of hydrogen-bond acceptors (Lipinski definition) is 4. The van der Waals surface area contributed by atoms with E-state index < -0.39 is 0 Å². The summed E-state index contributed by atoms with van der Waals surface area (Å²) in [5.41, 5.74) is 8.99. The molecule has 0 atom stereocenters. The summed E-state index contributed by atoms with van der Waals surface area (Å²) in [6.07, 6.45) is 1.88. The summed E-state index contributed by atoms with van der Waals surface area (Å²) in [4.78, 5) is 0. The minimum atomic E-state index is 0.424. The molecule has 114 valence electrons. The Hall–Kier alpha value is -1.88. The average molecular weight is 288 g/mol. The zero-order valence-electron chi connectivity index (χ0n) is 13.0. The van der Waals surface area contributed by atoms with E-state index in [-0.39, 0.29) is 0 Å². The average Bonchev–Trinajstić information content (AvgIpc) is 2.88. The minimum Gasteiger partial charge on any atom is -0.497 e. The lowest BCUT2D eigenvalue weighted by Crippen LogP contribution is -2.10. The van der Waals surface area contributed by atoms with Gasteiger partial charge in [-0.15, -0.1) is 5.10 Å². The first-order chi connectivity index (χ1) is 10.1. The van der Waals surface area contributed by atoms with Gasteiger partial charge in [-0.25, -0.2) is 4.68 Å². The maximum atomic E-state index is 5.78. The third-order valence-electron chi connectivity index (χ3n) is 3.56. The topological polar surface area (TPSA) is 66.0 Å². The van der Waals surface area contributed by atoms with E-state index in [0.717, 1.165) is 36.5 Å². The maximum Gasteiger partial charge on any atom is 0.118 e. The standard InChI is InChI=1S/C16H24N4O/c1-12(2)8-9-20-16(15(11-17)18-19-20)10-13-4-6-14(21-3)7-5-13/h4-7,12H,8-11,17H2,1-3H3. The first kappa shape index (κ1) is 15.5. The van der Waals surface area contributed by atoms with Crippen LogP contribution in [0.15, 0.2) is 24.3 Å². The summed E-state index contributed by atoms with van der Waals surface area (Å²) in [6.45, 7) is 5.73. The number of ether oxygens (including phenoxy) is 1. The van der Waals surface area contributed by atoms with Gasteiger partial charge < -0.3 is 10.5 Å². The molecule has 0 saturated heterocycles. The summed E-state index contributed by atoms with van der Waals surface area (Å²) in [7, 11) is 1.67. The molecule has 0 radical (unpaired) electrons.